The Morgan fingerprint density at radius 2 is 1.93 bits per heavy atom. The molecule has 0 spiro atoms. The first-order valence-electron chi connectivity index (χ1n) is 3.45. The fourth-order valence-corrected chi connectivity index (χ4v) is 1.51. The Labute approximate surface area is 82.0 Å². The predicted molar refractivity (Wildman–Crippen MR) is 42.8 cm³/mol. The molecule has 0 saturated carbocycles. The summed E-state index contributed by atoms with van der Waals surface area (Å²) in [5.41, 5.74) is -1.14. The second-order valence-corrected chi connectivity index (χ2v) is 3.41. The molecule has 0 aliphatic rings. The molecule has 1 N–H and O–H groups in total. The van der Waals surface area contributed by atoms with Crippen LogP contribution in [0, 0.1) is 0 Å². The van der Waals surface area contributed by atoms with E-state index in [2.05, 4.69) is 10.2 Å². The van der Waals surface area contributed by atoms with Crippen molar-refractivity contribution in [3.05, 3.63) is 25.7 Å². The lowest BCUT2D eigenvalue weighted by Gasteiger charge is -2.01. The van der Waals surface area contributed by atoms with Gasteiger partial charge in [0, 0.05) is 0 Å². The summed E-state index contributed by atoms with van der Waals surface area (Å²) in [5.74, 6) is -1.37. The van der Waals surface area contributed by atoms with E-state index < -0.39 is 22.3 Å². The molecule has 80 valence electrons. The zero-order chi connectivity index (χ0) is 11.2. The van der Waals surface area contributed by atoms with Crippen LogP contribution in [0.3, 0.4) is 0 Å². The second-order valence-electron chi connectivity index (χ2n) is 2.47. The molecule has 0 bridgehead atoms. The Kier molecular flexibility index (Phi) is 1.89. The van der Waals surface area contributed by atoms with E-state index in [0.717, 1.165) is 0 Å². The minimum Gasteiger partial charge on any atom is -0.271 e. The monoisotopic (exact) mass is 238 g/mol. The third-order valence-electron chi connectivity index (χ3n) is 1.47. The summed E-state index contributed by atoms with van der Waals surface area (Å²) < 4.78 is 36.2. The summed E-state index contributed by atoms with van der Waals surface area (Å²) in [5, 5.41) is 7.69. The van der Waals surface area contributed by atoms with Crippen LogP contribution in [0.1, 0.15) is 5.82 Å². The molecule has 0 amide bonds. The third-order valence-corrected chi connectivity index (χ3v) is 2.29. The maximum atomic E-state index is 12.3. The van der Waals surface area contributed by atoms with Gasteiger partial charge in [0.05, 0.1) is 0 Å². The Balaban J connectivity index is 2.87. The molecule has 6 nitrogen and oxygen atoms in total. The van der Waals surface area contributed by atoms with Crippen LogP contribution < -0.4 is 10.3 Å². The predicted octanol–water partition coefficient (Wildman–Crippen LogP) is -0.142. The van der Waals surface area contributed by atoms with Crippen LogP contribution in [0.2, 0.25) is 0 Å². The average molecular weight is 238 g/mol. The number of hydrogen-bond acceptors (Lipinski definition) is 5. The van der Waals surface area contributed by atoms with Gasteiger partial charge < -0.3 is 0 Å². The number of H-pyrrole nitrogens is 1. The molecule has 2 aromatic rings. The Bertz CT molecular complexity index is 623. The fraction of sp³-hybridized carbons (Fsp3) is 0.200. The Morgan fingerprint density at radius 3 is 2.53 bits per heavy atom. The highest BCUT2D eigenvalue weighted by molar-refractivity contribution is 7.14. The van der Waals surface area contributed by atoms with E-state index in [1.165, 1.54) is 0 Å². The molecule has 2 rings (SSSR count). The van der Waals surface area contributed by atoms with E-state index in [1.807, 2.05) is 0 Å². The average Bonchev–Trinajstić information content (AvgIpc) is 2.47. The first kappa shape index (κ1) is 9.83. The molecule has 0 aromatic carbocycles. The zero-order valence-electron chi connectivity index (χ0n) is 6.70. The molecule has 2 aromatic heterocycles. The first-order chi connectivity index (χ1) is 6.89. The second kappa shape index (κ2) is 2.89. The van der Waals surface area contributed by atoms with E-state index in [0.29, 0.717) is 15.9 Å². The van der Waals surface area contributed by atoms with Gasteiger partial charge in [-0.25, -0.2) is 0 Å². The van der Waals surface area contributed by atoms with Gasteiger partial charge in [-0.2, -0.15) is 17.7 Å². The minimum absolute atomic E-state index is 0.295. The van der Waals surface area contributed by atoms with Crippen molar-refractivity contribution in [2.24, 2.45) is 0 Å². The number of fused-ring (bicyclic) bond motifs is 1. The first-order valence-corrected chi connectivity index (χ1v) is 4.27. The summed E-state index contributed by atoms with van der Waals surface area (Å²) in [6.07, 6.45) is -4.74. The maximum Gasteiger partial charge on any atom is 0.453 e. The van der Waals surface area contributed by atoms with Crippen molar-refractivity contribution in [1.29, 1.82) is 0 Å². The van der Waals surface area contributed by atoms with Gasteiger partial charge in [0.15, 0.2) is 0 Å². The number of aromatic nitrogens is 4. The molecule has 0 unspecified atom stereocenters. The number of alkyl halides is 3. The number of rotatable bonds is 0. The topological polar surface area (TPSA) is 80.1 Å². The van der Waals surface area contributed by atoms with Crippen molar-refractivity contribution in [2.45, 2.75) is 6.18 Å². The van der Waals surface area contributed by atoms with Crippen molar-refractivity contribution in [2.75, 3.05) is 0 Å². The van der Waals surface area contributed by atoms with E-state index >= 15 is 0 Å². The van der Waals surface area contributed by atoms with Gasteiger partial charge in [-0.05, 0) is 11.3 Å². The van der Waals surface area contributed by atoms with E-state index in [1.54, 1.807) is 5.10 Å². The van der Waals surface area contributed by atoms with Gasteiger partial charge in [-0.1, -0.05) is 0 Å². The molecule has 2 heterocycles. The lowest BCUT2D eigenvalue weighted by molar-refractivity contribution is -0.146. The number of nitrogens with zero attached hydrogens (tertiary/aromatic N) is 3. The van der Waals surface area contributed by atoms with Gasteiger partial charge >= 0.3 is 16.5 Å². The quantitative estimate of drug-likeness (QED) is 0.647. The molecule has 0 atom stereocenters. The van der Waals surface area contributed by atoms with Gasteiger partial charge in [-0.3, -0.25) is 14.7 Å². The van der Waals surface area contributed by atoms with Crippen LogP contribution in [0.5, 0.6) is 0 Å². The molecule has 15 heavy (non-hydrogen) atoms. The summed E-state index contributed by atoms with van der Waals surface area (Å²) in [6, 6.07) is 0. The molecule has 0 radical (unpaired) electrons. The molecular formula is C5HF3N4O2S. The number of aromatic amines is 1. The highest BCUT2D eigenvalue weighted by atomic mass is 32.1. The van der Waals surface area contributed by atoms with Crippen molar-refractivity contribution in [1.82, 2.24) is 19.8 Å². The number of nitrogens with one attached hydrogen (secondary N) is 1. The smallest absolute Gasteiger partial charge is 0.271 e. The highest BCUT2D eigenvalue weighted by Gasteiger charge is 2.37. The zero-order valence-corrected chi connectivity index (χ0v) is 7.52. The summed E-state index contributed by atoms with van der Waals surface area (Å²) >= 11 is 0.295. The van der Waals surface area contributed by atoms with E-state index in [9.17, 15) is 22.8 Å². The number of hydrogen-bond donors (Lipinski definition) is 1. The van der Waals surface area contributed by atoms with Crippen LogP contribution in [-0.2, 0) is 6.18 Å². The van der Waals surface area contributed by atoms with Crippen LogP contribution in [0.4, 0.5) is 13.2 Å². The van der Waals surface area contributed by atoms with Crippen LogP contribution in [0.15, 0.2) is 9.59 Å². The molecular weight excluding hydrogens is 237 g/mol. The van der Waals surface area contributed by atoms with E-state index in [4.69, 9.17) is 0 Å². The van der Waals surface area contributed by atoms with Gasteiger partial charge in [0.2, 0.25) is 4.96 Å². The molecule has 0 aliphatic carbocycles. The normalized spacial score (nSPS) is 12.2. The Hall–Kier alpha value is -1.71. The molecule has 0 fully saturated rings. The van der Waals surface area contributed by atoms with Crippen molar-refractivity contribution in [3.63, 3.8) is 0 Å². The van der Waals surface area contributed by atoms with E-state index in [-0.39, 0.29) is 4.96 Å². The van der Waals surface area contributed by atoms with Crippen LogP contribution in [0.25, 0.3) is 4.96 Å². The van der Waals surface area contributed by atoms with Gasteiger partial charge in [0.25, 0.3) is 5.82 Å². The number of halogens is 3. The van der Waals surface area contributed by atoms with Gasteiger partial charge in [-0.15, -0.1) is 10.2 Å². The summed E-state index contributed by atoms with van der Waals surface area (Å²) in [4.78, 5) is 21.3. The highest BCUT2D eigenvalue weighted by Crippen LogP contribution is 2.27. The fourth-order valence-electron chi connectivity index (χ4n) is 0.897. The lowest BCUT2D eigenvalue weighted by atomic mass is 10.6. The summed E-state index contributed by atoms with van der Waals surface area (Å²) in [7, 11) is 0. The van der Waals surface area contributed by atoms with Crippen molar-refractivity contribution < 1.29 is 13.2 Å². The molecule has 10 heteroatoms. The molecule has 0 saturated heterocycles. The standard InChI is InChI=1S/C5HF3N4O2S/c6-5(7,8)3-9-10-4-12(3)11-1(13)2(14)15-4/h(H,11,13). The third kappa shape index (κ3) is 1.52. The lowest BCUT2D eigenvalue weighted by Crippen LogP contribution is -2.27. The molecule has 0 aliphatic heterocycles. The summed E-state index contributed by atoms with van der Waals surface area (Å²) in [6.45, 7) is 0. The Morgan fingerprint density at radius 1 is 1.27 bits per heavy atom. The van der Waals surface area contributed by atoms with Crippen LogP contribution in [-0.4, -0.2) is 19.8 Å². The minimum atomic E-state index is -4.74. The van der Waals surface area contributed by atoms with Gasteiger partial charge in [0.1, 0.15) is 0 Å². The van der Waals surface area contributed by atoms with Crippen LogP contribution >= 0.6 is 11.3 Å². The van der Waals surface area contributed by atoms with Crippen molar-refractivity contribution >= 4 is 16.3 Å². The largest absolute Gasteiger partial charge is 0.453 e. The maximum absolute atomic E-state index is 12.3. The van der Waals surface area contributed by atoms with Crippen molar-refractivity contribution in [3.8, 4) is 0 Å². The SMILES string of the molecule is O=c1[nH]n2c(C(F)(F)F)nnc2sc1=O.